The molecule has 0 unspecified atom stereocenters. The number of benzene rings is 2. The van der Waals surface area contributed by atoms with Crippen LogP contribution in [0.3, 0.4) is 0 Å². The first kappa shape index (κ1) is 17.5. The molecule has 4 rings (SSSR count). The third-order valence-corrected chi connectivity index (χ3v) is 5.58. The van der Waals surface area contributed by atoms with E-state index in [1.165, 1.54) is 33.9 Å². The van der Waals surface area contributed by atoms with Gasteiger partial charge in [-0.3, -0.25) is 0 Å². The minimum atomic E-state index is 0.0318. The van der Waals surface area contributed by atoms with Crippen molar-refractivity contribution in [3.8, 4) is 0 Å². The summed E-state index contributed by atoms with van der Waals surface area (Å²) in [5, 5.41) is 3.48. The molecular formula is C25H27N2+. The van der Waals surface area contributed by atoms with Crippen molar-refractivity contribution in [3.63, 3.8) is 0 Å². The SMILES string of the molecule is CC[N+]1=C(C=CC=CC=C2Cc3ccccc3N2)C(C)(C)c2ccccc21. The number of hydrogen-bond donors (Lipinski definition) is 1. The normalized spacial score (nSPS) is 19.1. The Labute approximate surface area is 162 Å². The smallest absolute Gasteiger partial charge is 0.209 e. The van der Waals surface area contributed by atoms with Gasteiger partial charge in [0.05, 0.1) is 5.41 Å². The van der Waals surface area contributed by atoms with Crippen LogP contribution in [0, 0.1) is 0 Å². The van der Waals surface area contributed by atoms with Gasteiger partial charge in [0.25, 0.3) is 0 Å². The van der Waals surface area contributed by atoms with Gasteiger partial charge in [0.1, 0.15) is 6.54 Å². The van der Waals surface area contributed by atoms with E-state index in [4.69, 9.17) is 0 Å². The molecule has 0 aliphatic carbocycles. The monoisotopic (exact) mass is 355 g/mol. The average molecular weight is 356 g/mol. The van der Waals surface area contributed by atoms with Gasteiger partial charge < -0.3 is 5.32 Å². The second-order valence-corrected chi connectivity index (χ2v) is 7.67. The van der Waals surface area contributed by atoms with Crippen LogP contribution in [0.4, 0.5) is 11.4 Å². The van der Waals surface area contributed by atoms with Gasteiger partial charge >= 0.3 is 0 Å². The predicted octanol–water partition coefficient (Wildman–Crippen LogP) is 5.75. The summed E-state index contributed by atoms with van der Waals surface area (Å²) in [4.78, 5) is 0. The Hall–Kier alpha value is -2.87. The molecule has 0 saturated heterocycles. The highest BCUT2D eigenvalue weighted by atomic mass is 15.0. The number of allylic oxidation sites excluding steroid dienone is 6. The summed E-state index contributed by atoms with van der Waals surface area (Å²) in [5.41, 5.74) is 7.98. The van der Waals surface area contributed by atoms with Crippen LogP contribution in [0.25, 0.3) is 0 Å². The third-order valence-electron chi connectivity index (χ3n) is 5.58. The zero-order chi connectivity index (χ0) is 18.9. The van der Waals surface area contributed by atoms with Crippen LogP contribution in [-0.2, 0) is 11.8 Å². The van der Waals surface area contributed by atoms with Crippen molar-refractivity contribution in [2.75, 3.05) is 11.9 Å². The van der Waals surface area contributed by atoms with E-state index in [-0.39, 0.29) is 5.41 Å². The Morgan fingerprint density at radius 1 is 1.00 bits per heavy atom. The molecule has 0 aromatic heterocycles. The number of rotatable bonds is 4. The molecule has 0 radical (unpaired) electrons. The molecule has 2 aliphatic rings. The van der Waals surface area contributed by atoms with Crippen molar-refractivity contribution in [2.45, 2.75) is 32.6 Å². The summed E-state index contributed by atoms with van der Waals surface area (Å²) in [6.07, 6.45) is 11.8. The largest absolute Gasteiger partial charge is 0.358 e. The van der Waals surface area contributed by atoms with Crippen molar-refractivity contribution >= 4 is 17.1 Å². The number of para-hydroxylation sites is 2. The molecule has 0 fully saturated rings. The number of nitrogens with zero attached hydrogens (tertiary/aromatic N) is 1. The van der Waals surface area contributed by atoms with Crippen LogP contribution < -0.4 is 5.32 Å². The summed E-state index contributed by atoms with van der Waals surface area (Å²) < 4.78 is 2.42. The zero-order valence-electron chi connectivity index (χ0n) is 16.4. The van der Waals surface area contributed by atoms with E-state index in [1.807, 2.05) is 0 Å². The quantitative estimate of drug-likeness (QED) is 0.545. The Morgan fingerprint density at radius 3 is 2.59 bits per heavy atom. The summed E-state index contributed by atoms with van der Waals surface area (Å²) in [6, 6.07) is 17.2. The maximum Gasteiger partial charge on any atom is 0.209 e. The van der Waals surface area contributed by atoms with Crippen molar-refractivity contribution < 1.29 is 4.58 Å². The second-order valence-electron chi connectivity index (χ2n) is 7.67. The lowest BCUT2D eigenvalue weighted by atomic mass is 9.81. The molecule has 2 aromatic carbocycles. The summed E-state index contributed by atoms with van der Waals surface area (Å²) in [7, 11) is 0. The molecule has 136 valence electrons. The molecule has 0 spiro atoms. The van der Waals surface area contributed by atoms with E-state index in [0.717, 1.165) is 13.0 Å². The third kappa shape index (κ3) is 3.16. The van der Waals surface area contributed by atoms with Gasteiger partial charge in [0, 0.05) is 35.5 Å². The first-order valence-electron chi connectivity index (χ1n) is 9.74. The summed E-state index contributed by atoms with van der Waals surface area (Å²) in [6.45, 7) is 7.82. The molecule has 27 heavy (non-hydrogen) atoms. The summed E-state index contributed by atoms with van der Waals surface area (Å²) in [5.74, 6) is 0. The Bertz CT molecular complexity index is 960. The highest BCUT2D eigenvalue weighted by molar-refractivity contribution is 6.03. The topological polar surface area (TPSA) is 15.0 Å². The minimum absolute atomic E-state index is 0.0318. The standard InChI is InChI=1S/C25H26N2/c1-4-27-23-16-11-9-14-21(23)25(2,3)24(27)17-7-5-6-13-20-18-19-12-8-10-15-22(19)26-20/h5-17H,4,18H2,1-3H3/p+1. The van der Waals surface area contributed by atoms with Crippen LogP contribution in [-0.4, -0.2) is 16.8 Å². The lowest BCUT2D eigenvalue weighted by Gasteiger charge is -2.15. The molecule has 2 aliphatic heterocycles. The minimum Gasteiger partial charge on any atom is -0.358 e. The van der Waals surface area contributed by atoms with Gasteiger partial charge in [-0.1, -0.05) is 54.6 Å². The van der Waals surface area contributed by atoms with Gasteiger partial charge in [0.15, 0.2) is 5.71 Å². The van der Waals surface area contributed by atoms with Gasteiger partial charge in [-0.25, -0.2) is 0 Å². The molecule has 0 amide bonds. The van der Waals surface area contributed by atoms with Crippen LogP contribution in [0.15, 0.2) is 84.6 Å². The molecule has 0 bridgehead atoms. The maximum atomic E-state index is 3.48. The fourth-order valence-electron chi connectivity index (χ4n) is 4.18. The van der Waals surface area contributed by atoms with Gasteiger partial charge in [0.2, 0.25) is 5.69 Å². The van der Waals surface area contributed by atoms with E-state index in [2.05, 4.69) is 110 Å². The predicted molar refractivity (Wildman–Crippen MR) is 115 cm³/mol. The van der Waals surface area contributed by atoms with Gasteiger partial charge in [-0.15, -0.1) is 0 Å². The van der Waals surface area contributed by atoms with Gasteiger partial charge in [-0.2, -0.15) is 4.58 Å². The van der Waals surface area contributed by atoms with Crippen LogP contribution >= 0.6 is 0 Å². The van der Waals surface area contributed by atoms with E-state index >= 15 is 0 Å². The fourth-order valence-corrected chi connectivity index (χ4v) is 4.18. The zero-order valence-corrected chi connectivity index (χ0v) is 16.4. The summed E-state index contributed by atoms with van der Waals surface area (Å²) >= 11 is 0. The highest BCUT2D eigenvalue weighted by Crippen LogP contribution is 2.39. The molecule has 2 heterocycles. The van der Waals surface area contributed by atoms with Crippen molar-refractivity contribution in [3.05, 3.63) is 95.7 Å². The highest BCUT2D eigenvalue weighted by Gasteiger charge is 2.43. The molecule has 2 nitrogen and oxygen atoms in total. The first-order valence-corrected chi connectivity index (χ1v) is 9.74. The van der Waals surface area contributed by atoms with Crippen molar-refractivity contribution in [1.82, 2.24) is 0 Å². The molecule has 2 aromatic rings. The van der Waals surface area contributed by atoms with E-state index in [0.29, 0.717) is 0 Å². The van der Waals surface area contributed by atoms with Crippen molar-refractivity contribution in [2.24, 2.45) is 0 Å². The number of anilines is 1. The number of fused-ring (bicyclic) bond motifs is 2. The van der Waals surface area contributed by atoms with Crippen LogP contribution in [0.1, 0.15) is 31.9 Å². The van der Waals surface area contributed by atoms with Crippen molar-refractivity contribution in [1.29, 1.82) is 0 Å². The van der Waals surface area contributed by atoms with Crippen LogP contribution in [0.2, 0.25) is 0 Å². The first-order chi connectivity index (χ1) is 13.1. The van der Waals surface area contributed by atoms with Gasteiger partial charge in [-0.05, 0) is 38.5 Å². The Balaban J connectivity index is 1.50. The van der Waals surface area contributed by atoms with E-state index < -0.39 is 0 Å². The fraction of sp³-hybridized carbons (Fsp3) is 0.240. The lowest BCUT2D eigenvalue weighted by molar-refractivity contribution is -0.433. The lowest BCUT2D eigenvalue weighted by Crippen LogP contribution is -2.27. The molecule has 0 atom stereocenters. The molecule has 2 heteroatoms. The Kier molecular flexibility index (Phi) is 4.57. The average Bonchev–Trinajstić information content (AvgIpc) is 3.18. The number of nitrogens with one attached hydrogen (secondary N) is 1. The Morgan fingerprint density at radius 2 is 1.78 bits per heavy atom. The molecular weight excluding hydrogens is 328 g/mol. The maximum absolute atomic E-state index is 3.48. The van der Waals surface area contributed by atoms with E-state index in [1.54, 1.807) is 0 Å². The molecule has 1 N–H and O–H groups in total. The molecule has 0 saturated carbocycles. The van der Waals surface area contributed by atoms with E-state index in [9.17, 15) is 0 Å². The number of hydrogen-bond acceptors (Lipinski definition) is 1. The second kappa shape index (κ2) is 7.03. The van der Waals surface area contributed by atoms with Crippen LogP contribution in [0.5, 0.6) is 0 Å².